The molecule has 21 heavy (non-hydrogen) atoms. The lowest BCUT2D eigenvalue weighted by atomic mass is 10.00. The highest BCUT2D eigenvalue weighted by Gasteiger charge is 2.27. The summed E-state index contributed by atoms with van der Waals surface area (Å²) in [6.07, 6.45) is 3.23. The maximum absolute atomic E-state index is 12.0. The van der Waals surface area contributed by atoms with Gasteiger partial charge in [0.1, 0.15) is 6.04 Å². The first kappa shape index (κ1) is 15.8. The average molecular weight is 289 g/mol. The molecular weight excluding hydrogens is 262 g/mol. The summed E-state index contributed by atoms with van der Waals surface area (Å²) in [6.45, 7) is 6.14. The summed E-state index contributed by atoms with van der Waals surface area (Å²) in [6, 6.07) is 9.05. The SMILES string of the molecule is CNC(=O)C1CCCCN1c1ccc(CNC(C)C)cc1. The Morgan fingerprint density at radius 1 is 1.29 bits per heavy atom. The lowest BCUT2D eigenvalue weighted by Crippen LogP contribution is -2.48. The minimum absolute atomic E-state index is 0.0246. The number of hydrogen-bond donors (Lipinski definition) is 2. The summed E-state index contributed by atoms with van der Waals surface area (Å²) in [7, 11) is 1.72. The Hall–Kier alpha value is -1.55. The zero-order valence-corrected chi connectivity index (χ0v) is 13.4. The van der Waals surface area contributed by atoms with Gasteiger partial charge in [0.25, 0.3) is 0 Å². The number of piperidine rings is 1. The first-order valence-corrected chi connectivity index (χ1v) is 7.92. The molecule has 1 heterocycles. The van der Waals surface area contributed by atoms with E-state index in [4.69, 9.17) is 0 Å². The fourth-order valence-electron chi connectivity index (χ4n) is 2.81. The zero-order chi connectivity index (χ0) is 15.2. The van der Waals surface area contributed by atoms with E-state index in [1.54, 1.807) is 7.05 Å². The van der Waals surface area contributed by atoms with Gasteiger partial charge >= 0.3 is 0 Å². The Morgan fingerprint density at radius 2 is 2.00 bits per heavy atom. The third-order valence-corrected chi connectivity index (χ3v) is 4.03. The van der Waals surface area contributed by atoms with Gasteiger partial charge in [-0.1, -0.05) is 26.0 Å². The number of rotatable bonds is 5. The summed E-state index contributed by atoms with van der Waals surface area (Å²) in [4.78, 5) is 14.3. The van der Waals surface area contributed by atoms with Gasteiger partial charge in [-0.15, -0.1) is 0 Å². The van der Waals surface area contributed by atoms with Crippen molar-refractivity contribution in [3.63, 3.8) is 0 Å². The molecular formula is C17H27N3O. The summed E-state index contributed by atoms with van der Waals surface area (Å²) in [5, 5.41) is 6.21. The van der Waals surface area contributed by atoms with Crippen LogP contribution in [0.1, 0.15) is 38.7 Å². The van der Waals surface area contributed by atoms with E-state index in [9.17, 15) is 4.79 Å². The van der Waals surface area contributed by atoms with E-state index in [0.717, 1.165) is 38.0 Å². The van der Waals surface area contributed by atoms with Crippen molar-refractivity contribution in [1.82, 2.24) is 10.6 Å². The van der Waals surface area contributed by atoms with Crippen LogP contribution in [0.3, 0.4) is 0 Å². The summed E-state index contributed by atoms with van der Waals surface area (Å²) in [5.41, 5.74) is 2.43. The highest BCUT2D eigenvalue weighted by molar-refractivity contribution is 5.85. The molecule has 0 aromatic heterocycles. The highest BCUT2D eigenvalue weighted by Crippen LogP contribution is 2.25. The Kier molecular flexibility index (Phi) is 5.62. The molecule has 2 rings (SSSR count). The first-order valence-electron chi connectivity index (χ1n) is 7.92. The van der Waals surface area contributed by atoms with E-state index in [1.165, 1.54) is 5.56 Å². The standard InChI is InChI=1S/C17H27N3O/c1-13(2)19-12-14-7-9-15(10-8-14)20-11-5-4-6-16(20)17(21)18-3/h7-10,13,16,19H,4-6,11-12H2,1-3H3,(H,18,21). The highest BCUT2D eigenvalue weighted by atomic mass is 16.2. The number of hydrogen-bond acceptors (Lipinski definition) is 3. The normalized spacial score (nSPS) is 18.9. The summed E-state index contributed by atoms with van der Waals surface area (Å²) in [5.74, 6) is 0.125. The van der Waals surface area contributed by atoms with Gasteiger partial charge in [0, 0.05) is 31.9 Å². The second-order valence-corrected chi connectivity index (χ2v) is 6.02. The molecule has 1 saturated heterocycles. The molecule has 1 atom stereocenters. The molecule has 1 aliphatic heterocycles. The van der Waals surface area contributed by atoms with Crippen molar-refractivity contribution in [3.8, 4) is 0 Å². The second kappa shape index (κ2) is 7.46. The Bertz CT molecular complexity index is 456. The number of nitrogens with one attached hydrogen (secondary N) is 2. The third-order valence-electron chi connectivity index (χ3n) is 4.03. The lowest BCUT2D eigenvalue weighted by Gasteiger charge is -2.36. The molecule has 1 aliphatic rings. The van der Waals surface area contributed by atoms with Gasteiger partial charge in [0.05, 0.1) is 0 Å². The van der Waals surface area contributed by atoms with Gasteiger partial charge in [-0.2, -0.15) is 0 Å². The zero-order valence-electron chi connectivity index (χ0n) is 13.4. The van der Waals surface area contributed by atoms with E-state index in [0.29, 0.717) is 6.04 Å². The summed E-state index contributed by atoms with van der Waals surface area (Å²) < 4.78 is 0. The van der Waals surface area contributed by atoms with Crippen LogP contribution >= 0.6 is 0 Å². The predicted molar refractivity (Wildman–Crippen MR) is 87.5 cm³/mol. The van der Waals surface area contributed by atoms with Crippen LogP contribution in [0.4, 0.5) is 5.69 Å². The van der Waals surface area contributed by atoms with Crippen LogP contribution in [0, 0.1) is 0 Å². The number of benzene rings is 1. The van der Waals surface area contributed by atoms with Crippen molar-refractivity contribution in [1.29, 1.82) is 0 Å². The molecule has 2 N–H and O–H groups in total. The number of carbonyl (C=O) groups excluding carboxylic acids is 1. The molecule has 1 unspecified atom stereocenters. The average Bonchev–Trinajstić information content (AvgIpc) is 2.52. The van der Waals surface area contributed by atoms with Crippen molar-refractivity contribution < 1.29 is 4.79 Å². The van der Waals surface area contributed by atoms with Crippen LogP contribution in [-0.2, 0) is 11.3 Å². The van der Waals surface area contributed by atoms with Crippen molar-refractivity contribution in [2.45, 2.75) is 51.7 Å². The van der Waals surface area contributed by atoms with E-state index >= 15 is 0 Å². The summed E-state index contributed by atoms with van der Waals surface area (Å²) >= 11 is 0. The molecule has 0 radical (unpaired) electrons. The molecule has 4 nitrogen and oxygen atoms in total. The van der Waals surface area contributed by atoms with Crippen LogP contribution in [0.5, 0.6) is 0 Å². The van der Waals surface area contributed by atoms with Crippen molar-refractivity contribution in [3.05, 3.63) is 29.8 Å². The molecule has 1 aromatic carbocycles. The fourth-order valence-corrected chi connectivity index (χ4v) is 2.81. The first-order chi connectivity index (χ1) is 10.1. The van der Waals surface area contributed by atoms with E-state index in [-0.39, 0.29) is 11.9 Å². The number of amides is 1. The lowest BCUT2D eigenvalue weighted by molar-refractivity contribution is -0.122. The van der Waals surface area contributed by atoms with Crippen LogP contribution in [0.2, 0.25) is 0 Å². The molecule has 1 aromatic rings. The number of anilines is 1. The smallest absolute Gasteiger partial charge is 0.242 e. The van der Waals surface area contributed by atoms with Crippen LogP contribution in [0.25, 0.3) is 0 Å². The molecule has 0 saturated carbocycles. The molecule has 116 valence electrons. The quantitative estimate of drug-likeness (QED) is 0.874. The third kappa shape index (κ3) is 4.21. The molecule has 0 aliphatic carbocycles. The number of nitrogens with zero attached hydrogens (tertiary/aromatic N) is 1. The topological polar surface area (TPSA) is 44.4 Å². The second-order valence-electron chi connectivity index (χ2n) is 6.02. The minimum Gasteiger partial charge on any atom is -0.360 e. The van der Waals surface area contributed by atoms with Crippen molar-refractivity contribution in [2.75, 3.05) is 18.5 Å². The predicted octanol–water partition coefficient (Wildman–Crippen LogP) is 2.29. The Labute approximate surface area is 127 Å². The van der Waals surface area contributed by atoms with Gasteiger partial charge in [0.15, 0.2) is 0 Å². The molecule has 0 bridgehead atoms. The van der Waals surface area contributed by atoms with E-state index in [1.807, 2.05) is 0 Å². The van der Waals surface area contributed by atoms with Crippen LogP contribution < -0.4 is 15.5 Å². The molecule has 4 heteroatoms. The largest absolute Gasteiger partial charge is 0.360 e. The fraction of sp³-hybridized carbons (Fsp3) is 0.588. The maximum atomic E-state index is 12.0. The van der Waals surface area contributed by atoms with Crippen LogP contribution in [0.15, 0.2) is 24.3 Å². The number of carbonyl (C=O) groups is 1. The van der Waals surface area contributed by atoms with E-state index < -0.39 is 0 Å². The maximum Gasteiger partial charge on any atom is 0.242 e. The van der Waals surface area contributed by atoms with Crippen molar-refractivity contribution in [2.24, 2.45) is 0 Å². The Balaban J connectivity index is 2.07. The van der Waals surface area contributed by atoms with Crippen molar-refractivity contribution >= 4 is 11.6 Å². The van der Waals surface area contributed by atoms with Gasteiger partial charge in [-0.05, 0) is 37.0 Å². The van der Waals surface area contributed by atoms with E-state index in [2.05, 4.69) is 53.6 Å². The minimum atomic E-state index is -0.0246. The van der Waals surface area contributed by atoms with Gasteiger partial charge < -0.3 is 15.5 Å². The number of likely N-dealkylation sites (N-methyl/N-ethyl adjacent to an activating group) is 1. The molecule has 1 fully saturated rings. The molecule has 1 amide bonds. The Morgan fingerprint density at radius 3 is 2.62 bits per heavy atom. The molecule has 0 spiro atoms. The van der Waals surface area contributed by atoms with Gasteiger partial charge in [-0.25, -0.2) is 0 Å². The van der Waals surface area contributed by atoms with Crippen LogP contribution in [-0.4, -0.2) is 31.6 Å². The monoisotopic (exact) mass is 289 g/mol. The van der Waals surface area contributed by atoms with Gasteiger partial charge in [0.2, 0.25) is 5.91 Å². The van der Waals surface area contributed by atoms with Gasteiger partial charge in [-0.3, -0.25) is 4.79 Å².